The second kappa shape index (κ2) is 8.68. The van der Waals surface area contributed by atoms with E-state index in [0.717, 1.165) is 11.6 Å². The van der Waals surface area contributed by atoms with Crippen LogP contribution in [-0.2, 0) is 15.8 Å². The lowest BCUT2D eigenvalue weighted by atomic mass is 10.1. The molecule has 2 rings (SSSR count). The first kappa shape index (κ1) is 20.4. The van der Waals surface area contributed by atoms with Crippen LogP contribution in [0.5, 0.6) is 0 Å². The van der Waals surface area contributed by atoms with Crippen LogP contribution in [-0.4, -0.2) is 32.0 Å². The molecule has 0 aliphatic rings. The Balaban J connectivity index is 1.90. The van der Waals surface area contributed by atoms with Gasteiger partial charge < -0.3 is 15.5 Å². The predicted molar refractivity (Wildman–Crippen MR) is 96.5 cm³/mol. The first-order chi connectivity index (χ1) is 12.6. The molecule has 0 spiro atoms. The molecule has 0 aliphatic carbocycles. The van der Waals surface area contributed by atoms with Crippen molar-refractivity contribution < 1.29 is 27.7 Å². The van der Waals surface area contributed by atoms with Crippen molar-refractivity contribution in [3.63, 3.8) is 0 Å². The highest BCUT2D eigenvalue weighted by Gasteiger charge is 2.33. The molecule has 2 aromatic rings. The molecule has 0 saturated carbocycles. The molecule has 0 radical (unpaired) electrons. The largest absolute Gasteiger partial charge is 0.418 e. The third-order valence-corrected chi connectivity index (χ3v) is 3.73. The number of aryl methyl sites for hydroxylation is 1. The summed E-state index contributed by atoms with van der Waals surface area (Å²) < 4.78 is 38.9. The molecule has 2 aromatic carbocycles. The summed E-state index contributed by atoms with van der Waals surface area (Å²) in [4.78, 5) is 24.6. The molecule has 0 bridgehead atoms. The highest BCUT2D eigenvalue weighted by atomic mass is 19.4. The van der Waals surface area contributed by atoms with Crippen LogP contribution in [0, 0.1) is 6.92 Å². The molecule has 1 unspecified atom stereocenters. The summed E-state index contributed by atoms with van der Waals surface area (Å²) in [6.07, 6.45) is -4.56. The first-order valence-electron chi connectivity index (χ1n) is 8.29. The zero-order valence-electron chi connectivity index (χ0n) is 15.0. The molecular formula is C19H21F3N3O2+. The van der Waals surface area contributed by atoms with Gasteiger partial charge in [0.15, 0.2) is 13.1 Å². The summed E-state index contributed by atoms with van der Waals surface area (Å²) in [5, 5.41) is 4.99. The number of hydrogen-bond donors (Lipinski definition) is 3. The fourth-order valence-corrected chi connectivity index (χ4v) is 2.57. The third-order valence-electron chi connectivity index (χ3n) is 3.73. The van der Waals surface area contributed by atoms with Gasteiger partial charge in [0.05, 0.1) is 18.3 Å². The summed E-state index contributed by atoms with van der Waals surface area (Å²) in [7, 11) is 1.62. The fourth-order valence-electron chi connectivity index (χ4n) is 2.57. The van der Waals surface area contributed by atoms with Gasteiger partial charge >= 0.3 is 6.18 Å². The number of para-hydroxylation sites is 1. The van der Waals surface area contributed by atoms with Crippen molar-refractivity contribution in [2.24, 2.45) is 0 Å². The number of likely N-dealkylation sites (N-methyl/N-ethyl adjacent to an activating group) is 1. The number of rotatable bonds is 6. The van der Waals surface area contributed by atoms with E-state index in [1.54, 1.807) is 13.1 Å². The van der Waals surface area contributed by atoms with Crippen molar-refractivity contribution in [1.29, 1.82) is 0 Å². The minimum Gasteiger partial charge on any atom is -0.322 e. The maximum atomic E-state index is 13.0. The molecule has 0 fully saturated rings. The molecule has 2 amide bonds. The fraction of sp³-hybridized carbons (Fsp3) is 0.263. The number of nitrogens with one attached hydrogen (secondary N) is 3. The van der Waals surface area contributed by atoms with Crippen LogP contribution < -0.4 is 15.5 Å². The van der Waals surface area contributed by atoms with Gasteiger partial charge in [-0.05, 0) is 36.8 Å². The van der Waals surface area contributed by atoms with Crippen molar-refractivity contribution in [3.8, 4) is 0 Å². The van der Waals surface area contributed by atoms with E-state index in [1.165, 1.54) is 18.2 Å². The molecule has 27 heavy (non-hydrogen) atoms. The average Bonchev–Trinajstić information content (AvgIpc) is 2.53. The smallest absolute Gasteiger partial charge is 0.322 e. The lowest BCUT2D eigenvalue weighted by Gasteiger charge is -2.16. The van der Waals surface area contributed by atoms with E-state index in [4.69, 9.17) is 0 Å². The van der Waals surface area contributed by atoms with Crippen molar-refractivity contribution in [2.75, 3.05) is 30.8 Å². The lowest BCUT2D eigenvalue weighted by molar-refractivity contribution is -0.862. The highest BCUT2D eigenvalue weighted by Crippen LogP contribution is 2.34. The van der Waals surface area contributed by atoms with Gasteiger partial charge in [0.25, 0.3) is 11.8 Å². The first-order valence-corrected chi connectivity index (χ1v) is 8.29. The van der Waals surface area contributed by atoms with Crippen LogP contribution >= 0.6 is 0 Å². The topological polar surface area (TPSA) is 62.6 Å². The molecule has 5 nitrogen and oxygen atoms in total. The standard InChI is InChI=1S/C19H20F3N3O2/c1-13-6-5-7-14(10-13)23-17(26)11-25(2)12-18(27)24-16-9-4-3-8-15(16)19(20,21)22/h3-10H,11-12H2,1-2H3,(H,23,26)(H,24,27)/p+1. The van der Waals surface area contributed by atoms with Crippen molar-refractivity contribution in [3.05, 3.63) is 59.7 Å². The number of benzene rings is 2. The van der Waals surface area contributed by atoms with Gasteiger partial charge in [0.2, 0.25) is 0 Å². The van der Waals surface area contributed by atoms with Gasteiger partial charge in [-0.25, -0.2) is 0 Å². The Morgan fingerprint density at radius 1 is 0.963 bits per heavy atom. The van der Waals surface area contributed by atoms with E-state index < -0.39 is 17.6 Å². The van der Waals surface area contributed by atoms with Crippen molar-refractivity contribution >= 4 is 23.2 Å². The molecule has 0 heterocycles. The second-order valence-corrected chi connectivity index (χ2v) is 6.32. The second-order valence-electron chi connectivity index (χ2n) is 6.32. The Hall–Kier alpha value is -2.87. The molecule has 0 aliphatic heterocycles. The number of alkyl halides is 3. The SMILES string of the molecule is Cc1cccc(NC(=O)C[NH+](C)CC(=O)Nc2ccccc2C(F)(F)F)c1. The Morgan fingerprint density at radius 3 is 2.22 bits per heavy atom. The van der Waals surface area contributed by atoms with Crippen LogP contribution in [0.2, 0.25) is 0 Å². The summed E-state index contributed by atoms with van der Waals surface area (Å²) in [6.45, 7) is 1.76. The van der Waals surface area contributed by atoms with Gasteiger partial charge in [-0.15, -0.1) is 0 Å². The monoisotopic (exact) mass is 380 g/mol. The molecule has 0 aromatic heterocycles. The Labute approximate surface area is 155 Å². The average molecular weight is 380 g/mol. The summed E-state index contributed by atoms with van der Waals surface area (Å²) in [6, 6.07) is 12.0. The molecule has 1 atom stereocenters. The van der Waals surface area contributed by atoms with Gasteiger partial charge in [-0.1, -0.05) is 24.3 Å². The van der Waals surface area contributed by atoms with Crippen LogP contribution in [0.15, 0.2) is 48.5 Å². The quantitative estimate of drug-likeness (QED) is 0.719. The summed E-state index contributed by atoms with van der Waals surface area (Å²) in [5.74, 6) is -0.894. The Kier molecular flexibility index (Phi) is 6.57. The number of quaternary nitrogens is 1. The van der Waals surface area contributed by atoms with Gasteiger partial charge in [0.1, 0.15) is 0 Å². The minimum absolute atomic E-state index is 0.00226. The molecular weight excluding hydrogens is 359 g/mol. The zero-order valence-corrected chi connectivity index (χ0v) is 15.0. The third kappa shape index (κ3) is 6.41. The van der Waals surface area contributed by atoms with Crippen LogP contribution in [0.25, 0.3) is 0 Å². The maximum Gasteiger partial charge on any atom is 0.418 e. The molecule has 144 valence electrons. The van der Waals surface area contributed by atoms with Crippen LogP contribution in [0.4, 0.5) is 24.5 Å². The minimum atomic E-state index is -4.56. The van der Waals surface area contributed by atoms with E-state index in [-0.39, 0.29) is 24.7 Å². The number of halogens is 3. The van der Waals surface area contributed by atoms with Crippen molar-refractivity contribution in [1.82, 2.24) is 0 Å². The molecule has 8 heteroatoms. The number of amides is 2. The predicted octanol–water partition coefficient (Wildman–Crippen LogP) is 2.11. The van der Waals surface area contributed by atoms with E-state index >= 15 is 0 Å². The summed E-state index contributed by atoms with van der Waals surface area (Å²) >= 11 is 0. The van der Waals surface area contributed by atoms with Gasteiger partial charge in [0, 0.05) is 5.69 Å². The normalized spacial score (nSPS) is 12.3. The van der Waals surface area contributed by atoms with Crippen LogP contribution in [0.3, 0.4) is 0 Å². The van der Waals surface area contributed by atoms with Crippen molar-refractivity contribution in [2.45, 2.75) is 13.1 Å². The van der Waals surface area contributed by atoms with E-state index in [0.29, 0.717) is 10.6 Å². The zero-order chi connectivity index (χ0) is 20.0. The Morgan fingerprint density at radius 2 is 1.59 bits per heavy atom. The Bertz CT molecular complexity index is 822. The van der Waals surface area contributed by atoms with E-state index in [2.05, 4.69) is 10.6 Å². The lowest BCUT2D eigenvalue weighted by Crippen LogP contribution is -3.11. The van der Waals surface area contributed by atoms with Gasteiger partial charge in [-0.2, -0.15) is 13.2 Å². The molecule has 3 N–H and O–H groups in total. The van der Waals surface area contributed by atoms with E-state index in [9.17, 15) is 22.8 Å². The highest BCUT2D eigenvalue weighted by molar-refractivity contribution is 5.93. The number of carbonyl (C=O) groups is 2. The van der Waals surface area contributed by atoms with E-state index in [1.807, 2.05) is 25.1 Å². The number of anilines is 2. The number of carbonyl (C=O) groups excluding carboxylic acids is 2. The van der Waals surface area contributed by atoms with Gasteiger partial charge in [-0.3, -0.25) is 9.59 Å². The summed E-state index contributed by atoms with van der Waals surface area (Å²) in [5.41, 5.74) is 0.438. The number of hydrogen-bond acceptors (Lipinski definition) is 2. The maximum absolute atomic E-state index is 13.0. The molecule has 0 saturated heterocycles. The van der Waals surface area contributed by atoms with Crippen LogP contribution in [0.1, 0.15) is 11.1 Å².